The maximum atomic E-state index is 5.35. The van der Waals surface area contributed by atoms with Crippen molar-refractivity contribution in [1.29, 1.82) is 0 Å². The van der Waals surface area contributed by atoms with Crippen molar-refractivity contribution in [2.45, 2.75) is 64.7 Å². The van der Waals surface area contributed by atoms with Crippen molar-refractivity contribution in [1.82, 2.24) is 0 Å². The summed E-state index contributed by atoms with van der Waals surface area (Å²) in [5, 5.41) is 0. The maximum absolute atomic E-state index is 5.35. The van der Waals surface area contributed by atoms with E-state index in [2.05, 4.69) is 19.1 Å². The molecule has 84 valence electrons. The Morgan fingerprint density at radius 3 is 1.93 bits per heavy atom. The van der Waals surface area contributed by atoms with Crippen LogP contribution in [-0.2, 0) is 0 Å². The predicted octanol–water partition coefficient (Wildman–Crippen LogP) is 4.03. The van der Waals surface area contributed by atoms with Crippen molar-refractivity contribution in [2.75, 3.05) is 6.54 Å². The average molecular weight is 197 g/mol. The first kappa shape index (κ1) is 13.7. The van der Waals surface area contributed by atoms with Crippen LogP contribution in [-0.4, -0.2) is 6.54 Å². The van der Waals surface area contributed by atoms with Gasteiger partial charge in [0.15, 0.2) is 0 Å². The SMILES string of the molecule is CCCCCCCCCCC=CCN. The molecule has 14 heavy (non-hydrogen) atoms. The zero-order valence-corrected chi connectivity index (χ0v) is 9.80. The molecule has 0 aliphatic heterocycles. The van der Waals surface area contributed by atoms with Gasteiger partial charge in [0, 0.05) is 6.54 Å². The van der Waals surface area contributed by atoms with Crippen LogP contribution in [0, 0.1) is 0 Å². The summed E-state index contributed by atoms with van der Waals surface area (Å²) in [5.41, 5.74) is 5.35. The van der Waals surface area contributed by atoms with E-state index in [1.165, 1.54) is 57.8 Å². The van der Waals surface area contributed by atoms with E-state index in [1.54, 1.807) is 0 Å². The fraction of sp³-hybridized carbons (Fsp3) is 0.846. The van der Waals surface area contributed by atoms with Gasteiger partial charge in [-0.25, -0.2) is 0 Å². The number of allylic oxidation sites excluding steroid dienone is 1. The summed E-state index contributed by atoms with van der Waals surface area (Å²) in [5.74, 6) is 0. The highest BCUT2D eigenvalue weighted by atomic mass is 14.5. The van der Waals surface area contributed by atoms with Gasteiger partial charge in [0.2, 0.25) is 0 Å². The molecule has 0 amide bonds. The van der Waals surface area contributed by atoms with E-state index in [9.17, 15) is 0 Å². The lowest BCUT2D eigenvalue weighted by Crippen LogP contribution is -1.91. The molecule has 0 aromatic heterocycles. The average Bonchev–Trinajstić information content (AvgIpc) is 2.21. The molecule has 1 nitrogen and oxygen atoms in total. The van der Waals surface area contributed by atoms with E-state index >= 15 is 0 Å². The molecule has 1 heteroatoms. The molecule has 0 spiro atoms. The molecular formula is C13H27N. The number of hydrogen-bond acceptors (Lipinski definition) is 1. The van der Waals surface area contributed by atoms with Crippen LogP contribution < -0.4 is 5.73 Å². The minimum Gasteiger partial charge on any atom is -0.327 e. The maximum Gasteiger partial charge on any atom is 0.0106 e. The summed E-state index contributed by atoms with van der Waals surface area (Å²) >= 11 is 0. The van der Waals surface area contributed by atoms with Crippen molar-refractivity contribution < 1.29 is 0 Å². The fourth-order valence-electron chi connectivity index (χ4n) is 1.61. The highest BCUT2D eigenvalue weighted by Crippen LogP contribution is 2.09. The van der Waals surface area contributed by atoms with Gasteiger partial charge < -0.3 is 5.73 Å². The van der Waals surface area contributed by atoms with Gasteiger partial charge in [-0.3, -0.25) is 0 Å². The van der Waals surface area contributed by atoms with E-state index in [-0.39, 0.29) is 0 Å². The van der Waals surface area contributed by atoms with Crippen molar-refractivity contribution in [3.63, 3.8) is 0 Å². The number of unbranched alkanes of at least 4 members (excludes halogenated alkanes) is 8. The fourth-order valence-corrected chi connectivity index (χ4v) is 1.61. The molecule has 0 aliphatic carbocycles. The molecule has 0 fully saturated rings. The summed E-state index contributed by atoms with van der Waals surface area (Å²) in [7, 11) is 0. The van der Waals surface area contributed by atoms with Gasteiger partial charge in [-0.05, 0) is 12.8 Å². The molecule has 0 aromatic carbocycles. The third-order valence-corrected chi connectivity index (χ3v) is 2.53. The largest absolute Gasteiger partial charge is 0.327 e. The number of nitrogens with two attached hydrogens (primary N) is 1. The molecule has 0 atom stereocenters. The van der Waals surface area contributed by atoms with Crippen LogP contribution in [0.3, 0.4) is 0 Å². The van der Waals surface area contributed by atoms with E-state index in [1.807, 2.05) is 0 Å². The summed E-state index contributed by atoms with van der Waals surface area (Å²) in [6.07, 6.45) is 16.7. The van der Waals surface area contributed by atoms with Crippen molar-refractivity contribution in [3.8, 4) is 0 Å². The minimum absolute atomic E-state index is 0.691. The van der Waals surface area contributed by atoms with Gasteiger partial charge in [0.25, 0.3) is 0 Å². The predicted molar refractivity (Wildman–Crippen MR) is 65.4 cm³/mol. The molecule has 0 saturated heterocycles. The molecule has 0 aliphatic rings. The van der Waals surface area contributed by atoms with E-state index in [4.69, 9.17) is 5.73 Å². The number of rotatable bonds is 10. The third-order valence-electron chi connectivity index (χ3n) is 2.53. The molecule has 0 saturated carbocycles. The molecule has 2 N–H and O–H groups in total. The Morgan fingerprint density at radius 1 is 0.786 bits per heavy atom. The van der Waals surface area contributed by atoms with Crippen molar-refractivity contribution in [3.05, 3.63) is 12.2 Å². The standard InChI is InChI=1S/C13H27N/c1-2-3-4-5-6-7-8-9-10-11-12-13-14/h11-12H,2-10,13-14H2,1H3. The number of hydrogen-bond donors (Lipinski definition) is 1. The molecule has 0 bridgehead atoms. The molecule has 0 radical (unpaired) electrons. The normalized spacial score (nSPS) is 11.3. The first-order valence-electron chi connectivity index (χ1n) is 6.27. The quantitative estimate of drug-likeness (QED) is 0.415. The first-order valence-corrected chi connectivity index (χ1v) is 6.27. The first-order chi connectivity index (χ1) is 6.91. The lowest BCUT2D eigenvalue weighted by Gasteiger charge is -1.99. The van der Waals surface area contributed by atoms with Gasteiger partial charge in [-0.15, -0.1) is 0 Å². The second-order valence-corrected chi connectivity index (χ2v) is 3.97. The van der Waals surface area contributed by atoms with E-state index < -0.39 is 0 Å². The summed E-state index contributed by atoms with van der Waals surface area (Å²) in [6, 6.07) is 0. The zero-order chi connectivity index (χ0) is 10.5. The van der Waals surface area contributed by atoms with Gasteiger partial charge >= 0.3 is 0 Å². The zero-order valence-electron chi connectivity index (χ0n) is 9.80. The molecule has 0 unspecified atom stereocenters. The topological polar surface area (TPSA) is 26.0 Å². The van der Waals surface area contributed by atoms with Crippen molar-refractivity contribution in [2.24, 2.45) is 5.73 Å². The highest BCUT2D eigenvalue weighted by Gasteiger charge is 1.89. The Bertz CT molecular complexity index is 118. The molecule has 0 rings (SSSR count). The molecule has 0 aromatic rings. The van der Waals surface area contributed by atoms with Crippen LogP contribution in [0.5, 0.6) is 0 Å². The van der Waals surface area contributed by atoms with E-state index in [0.717, 1.165) is 0 Å². The summed E-state index contributed by atoms with van der Waals surface area (Å²) < 4.78 is 0. The second-order valence-electron chi connectivity index (χ2n) is 3.97. The van der Waals surface area contributed by atoms with Crippen LogP contribution >= 0.6 is 0 Å². The monoisotopic (exact) mass is 197 g/mol. The Hall–Kier alpha value is -0.300. The Balaban J connectivity index is 2.88. The molecule has 0 heterocycles. The van der Waals surface area contributed by atoms with Crippen molar-refractivity contribution >= 4 is 0 Å². The summed E-state index contributed by atoms with van der Waals surface area (Å²) in [4.78, 5) is 0. The second kappa shape index (κ2) is 12.7. The summed E-state index contributed by atoms with van der Waals surface area (Å²) in [6.45, 7) is 2.96. The van der Waals surface area contributed by atoms with Gasteiger partial charge in [0.05, 0.1) is 0 Å². The van der Waals surface area contributed by atoms with Gasteiger partial charge in [-0.1, -0.05) is 64.0 Å². The minimum atomic E-state index is 0.691. The lowest BCUT2D eigenvalue weighted by molar-refractivity contribution is 0.577. The Morgan fingerprint density at radius 2 is 1.36 bits per heavy atom. The van der Waals surface area contributed by atoms with Gasteiger partial charge in [0.1, 0.15) is 0 Å². The third kappa shape index (κ3) is 11.7. The van der Waals surface area contributed by atoms with Crippen LogP contribution in [0.4, 0.5) is 0 Å². The Kier molecular flexibility index (Phi) is 12.4. The van der Waals surface area contributed by atoms with Crippen LogP contribution in [0.25, 0.3) is 0 Å². The molecular weight excluding hydrogens is 170 g/mol. The smallest absolute Gasteiger partial charge is 0.0106 e. The van der Waals surface area contributed by atoms with Crippen LogP contribution in [0.2, 0.25) is 0 Å². The van der Waals surface area contributed by atoms with Crippen LogP contribution in [0.1, 0.15) is 64.7 Å². The van der Waals surface area contributed by atoms with E-state index in [0.29, 0.717) is 6.54 Å². The highest BCUT2D eigenvalue weighted by molar-refractivity contribution is 4.81. The van der Waals surface area contributed by atoms with Gasteiger partial charge in [-0.2, -0.15) is 0 Å². The Labute approximate surface area is 89.8 Å². The van der Waals surface area contributed by atoms with Crippen LogP contribution in [0.15, 0.2) is 12.2 Å². The lowest BCUT2D eigenvalue weighted by atomic mass is 10.1.